The number of nitrogens with one attached hydrogen (secondary N) is 1. The molecule has 0 unspecified atom stereocenters. The fraction of sp³-hybridized carbons (Fsp3) is 0.600. The number of thioether (sulfide) groups is 1. The zero-order chi connectivity index (χ0) is 18.4. The maximum atomic E-state index is 12.4. The van der Waals surface area contributed by atoms with Crippen LogP contribution >= 0.6 is 11.8 Å². The van der Waals surface area contributed by atoms with E-state index in [1.54, 1.807) is 0 Å². The number of methoxy groups -OCH3 is 1. The normalized spacial score (nSPS) is 25.0. The zero-order valence-electron chi connectivity index (χ0n) is 15.4. The van der Waals surface area contributed by atoms with Crippen molar-refractivity contribution in [3.8, 4) is 0 Å². The standard InChI is InChI=1S/C20H28N2O3S/c1-25-19(23)7-9-21-20(24)17-13-15-8-10-22(14-18(15)17)11-12-26-16-5-3-2-4-6-16/h2-6,15,17-18H,7-14H2,1H3,(H,21,24)/t15-,17-,18-/m1/s1. The predicted molar refractivity (Wildman–Crippen MR) is 103 cm³/mol. The second kappa shape index (κ2) is 9.42. The smallest absolute Gasteiger partial charge is 0.307 e. The number of hydrogen-bond donors (Lipinski definition) is 1. The van der Waals surface area contributed by atoms with Crippen LogP contribution in [0.2, 0.25) is 0 Å². The number of hydrogen-bond acceptors (Lipinski definition) is 5. The molecule has 1 saturated heterocycles. The third kappa shape index (κ3) is 5.01. The van der Waals surface area contributed by atoms with Gasteiger partial charge in [0.2, 0.25) is 5.91 Å². The van der Waals surface area contributed by atoms with E-state index in [9.17, 15) is 9.59 Å². The van der Waals surface area contributed by atoms with Gasteiger partial charge in [-0.05, 0) is 43.4 Å². The highest BCUT2D eigenvalue weighted by atomic mass is 32.2. The van der Waals surface area contributed by atoms with Crippen LogP contribution in [0.1, 0.15) is 19.3 Å². The van der Waals surface area contributed by atoms with Gasteiger partial charge < -0.3 is 15.0 Å². The first-order valence-electron chi connectivity index (χ1n) is 9.42. The molecule has 1 aromatic carbocycles. The summed E-state index contributed by atoms with van der Waals surface area (Å²) in [6.45, 7) is 3.61. The Morgan fingerprint density at radius 1 is 1.31 bits per heavy atom. The summed E-state index contributed by atoms with van der Waals surface area (Å²) >= 11 is 1.89. The van der Waals surface area contributed by atoms with Gasteiger partial charge in [-0.25, -0.2) is 0 Å². The average molecular weight is 377 g/mol. The highest BCUT2D eigenvalue weighted by Gasteiger charge is 2.47. The molecular weight excluding hydrogens is 348 g/mol. The van der Waals surface area contributed by atoms with Crippen molar-refractivity contribution in [3.63, 3.8) is 0 Å². The number of ether oxygens (including phenoxy) is 1. The molecule has 1 aromatic rings. The number of piperidine rings is 1. The monoisotopic (exact) mass is 376 g/mol. The summed E-state index contributed by atoms with van der Waals surface area (Å²) in [4.78, 5) is 27.3. The van der Waals surface area contributed by atoms with Crippen molar-refractivity contribution < 1.29 is 14.3 Å². The second-order valence-corrected chi connectivity index (χ2v) is 8.30. The van der Waals surface area contributed by atoms with Crippen LogP contribution in [-0.4, -0.2) is 55.8 Å². The van der Waals surface area contributed by atoms with Crippen molar-refractivity contribution in [2.24, 2.45) is 17.8 Å². The molecule has 1 aliphatic carbocycles. The first-order valence-corrected chi connectivity index (χ1v) is 10.4. The van der Waals surface area contributed by atoms with E-state index in [0.717, 1.165) is 31.8 Å². The largest absolute Gasteiger partial charge is 0.469 e. The third-order valence-electron chi connectivity index (χ3n) is 5.58. The maximum Gasteiger partial charge on any atom is 0.307 e. The molecular formula is C20H28N2O3S. The van der Waals surface area contributed by atoms with Gasteiger partial charge in [-0.15, -0.1) is 11.8 Å². The lowest BCUT2D eigenvalue weighted by Gasteiger charge is -2.50. The number of nitrogens with zero attached hydrogens (tertiary/aromatic N) is 1. The Morgan fingerprint density at radius 3 is 2.88 bits per heavy atom. The minimum atomic E-state index is -0.281. The Kier molecular flexibility index (Phi) is 6.97. The third-order valence-corrected chi connectivity index (χ3v) is 6.57. The Balaban J connectivity index is 1.38. The van der Waals surface area contributed by atoms with Crippen LogP contribution in [0, 0.1) is 17.8 Å². The van der Waals surface area contributed by atoms with E-state index in [1.165, 1.54) is 18.4 Å². The number of rotatable bonds is 8. The Hall–Kier alpha value is -1.53. The van der Waals surface area contributed by atoms with Crippen LogP contribution in [0.4, 0.5) is 0 Å². The molecule has 0 radical (unpaired) electrons. The molecule has 2 aliphatic rings. The van der Waals surface area contributed by atoms with E-state index in [1.807, 2.05) is 17.8 Å². The number of benzene rings is 1. The molecule has 3 rings (SSSR count). The molecule has 2 fully saturated rings. The summed E-state index contributed by atoms with van der Waals surface area (Å²) in [5, 5.41) is 2.90. The van der Waals surface area contributed by atoms with E-state index >= 15 is 0 Å². The molecule has 1 saturated carbocycles. The molecule has 0 spiro atoms. The minimum absolute atomic E-state index is 0.107. The molecule has 1 N–H and O–H groups in total. The lowest BCUT2D eigenvalue weighted by molar-refractivity contribution is -0.141. The van der Waals surface area contributed by atoms with E-state index in [4.69, 9.17) is 0 Å². The fourth-order valence-corrected chi connectivity index (χ4v) is 4.92. The molecule has 1 aliphatic heterocycles. The summed E-state index contributed by atoms with van der Waals surface area (Å²) in [5.41, 5.74) is 0. The van der Waals surface area contributed by atoms with Gasteiger partial charge in [-0.2, -0.15) is 0 Å². The number of amides is 1. The molecule has 1 amide bonds. The van der Waals surface area contributed by atoms with Gasteiger partial charge >= 0.3 is 5.97 Å². The van der Waals surface area contributed by atoms with E-state index in [2.05, 4.69) is 39.2 Å². The highest BCUT2D eigenvalue weighted by molar-refractivity contribution is 7.99. The molecule has 3 atom stereocenters. The van der Waals surface area contributed by atoms with Crippen LogP contribution in [0.25, 0.3) is 0 Å². The quantitative estimate of drug-likeness (QED) is 0.558. The Bertz CT molecular complexity index is 610. The molecule has 0 aromatic heterocycles. The molecule has 1 heterocycles. The average Bonchev–Trinajstić information content (AvgIpc) is 2.64. The second-order valence-electron chi connectivity index (χ2n) is 7.13. The number of carbonyl (C=O) groups excluding carboxylic acids is 2. The molecule has 142 valence electrons. The van der Waals surface area contributed by atoms with Crippen LogP contribution in [0.15, 0.2) is 35.2 Å². The number of fused-ring (bicyclic) bond motifs is 1. The van der Waals surface area contributed by atoms with Gasteiger partial charge in [0.1, 0.15) is 0 Å². The summed E-state index contributed by atoms with van der Waals surface area (Å²) in [7, 11) is 1.37. The summed E-state index contributed by atoms with van der Waals surface area (Å²) in [6.07, 6.45) is 2.44. The Labute approximate surface area is 159 Å². The van der Waals surface area contributed by atoms with Gasteiger partial charge in [0, 0.05) is 36.2 Å². The van der Waals surface area contributed by atoms with Gasteiger partial charge in [-0.3, -0.25) is 9.59 Å². The summed E-state index contributed by atoms with van der Waals surface area (Å²) < 4.78 is 4.60. The van der Waals surface area contributed by atoms with Crippen molar-refractivity contribution in [3.05, 3.63) is 30.3 Å². The van der Waals surface area contributed by atoms with Gasteiger partial charge in [0.25, 0.3) is 0 Å². The summed E-state index contributed by atoms with van der Waals surface area (Å²) in [5.74, 6) is 2.19. The van der Waals surface area contributed by atoms with Gasteiger partial charge in [-0.1, -0.05) is 18.2 Å². The van der Waals surface area contributed by atoms with Gasteiger partial charge in [0.05, 0.1) is 13.5 Å². The van der Waals surface area contributed by atoms with Crippen molar-refractivity contribution >= 4 is 23.6 Å². The van der Waals surface area contributed by atoms with E-state index in [-0.39, 0.29) is 24.2 Å². The van der Waals surface area contributed by atoms with Crippen LogP contribution in [0.3, 0.4) is 0 Å². The van der Waals surface area contributed by atoms with E-state index < -0.39 is 0 Å². The fourth-order valence-electron chi connectivity index (χ4n) is 3.99. The highest BCUT2D eigenvalue weighted by Crippen LogP contribution is 2.45. The molecule has 0 bridgehead atoms. The van der Waals surface area contributed by atoms with Crippen LogP contribution < -0.4 is 5.32 Å². The van der Waals surface area contributed by atoms with Crippen LogP contribution in [0.5, 0.6) is 0 Å². The number of likely N-dealkylation sites (tertiary alicyclic amines) is 1. The van der Waals surface area contributed by atoms with Crippen molar-refractivity contribution in [1.29, 1.82) is 0 Å². The van der Waals surface area contributed by atoms with Gasteiger partial charge in [0.15, 0.2) is 0 Å². The summed E-state index contributed by atoms with van der Waals surface area (Å²) in [6, 6.07) is 10.5. The predicted octanol–water partition coefficient (Wildman–Crippen LogP) is 2.42. The van der Waals surface area contributed by atoms with E-state index in [0.29, 0.717) is 18.4 Å². The maximum absolute atomic E-state index is 12.4. The number of esters is 1. The number of carbonyl (C=O) groups is 2. The first-order chi connectivity index (χ1) is 12.7. The topological polar surface area (TPSA) is 58.6 Å². The minimum Gasteiger partial charge on any atom is -0.469 e. The molecule has 6 heteroatoms. The van der Waals surface area contributed by atoms with Crippen LogP contribution in [-0.2, 0) is 14.3 Å². The Morgan fingerprint density at radius 2 is 2.12 bits per heavy atom. The molecule has 26 heavy (non-hydrogen) atoms. The lowest BCUT2D eigenvalue weighted by atomic mass is 9.61. The SMILES string of the molecule is COC(=O)CCNC(=O)[C@@H]1C[C@H]2CCN(CCSc3ccccc3)C[C@H]21. The van der Waals surface area contributed by atoms with Crippen molar-refractivity contribution in [2.75, 3.05) is 39.0 Å². The first kappa shape index (κ1) is 19.2. The molecule has 5 nitrogen and oxygen atoms in total. The van der Waals surface area contributed by atoms with Crippen molar-refractivity contribution in [1.82, 2.24) is 10.2 Å². The zero-order valence-corrected chi connectivity index (χ0v) is 16.2. The van der Waals surface area contributed by atoms with Crippen molar-refractivity contribution in [2.45, 2.75) is 24.2 Å². The lowest BCUT2D eigenvalue weighted by Crippen LogP contribution is -2.55.